The molecule has 22 heavy (non-hydrogen) atoms. The second-order valence-electron chi connectivity index (χ2n) is 5.61. The monoisotopic (exact) mass is 325 g/mol. The molecule has 2 atom stereocenters. The van der Waals surface area contributed by atoms with Gasteiger partial charge in [0.1, 0.15) is 23.4 Å². The molecular weight excluding hydrogens is 302 g/mol. The molecule has 122 valence electrons. The maximum atomic E-state index is 11.5. The number of nitrogens with zero attached hydrogens (tertiary/aromatic N) is 1. The third-order valence-corrected chi connectivity index (χ3v) is 4.40. The Bertz CT molecular complexity index is 577. The summed E-state index contributed by atoms with van der Waals surface area (Å²) in [5.41, 5.74) is 6.15. The van der Waals surface area contributed by atoms with Gasteiger partial charge in [-0.3, -0.25) is 5.41 Å². The first kappa shape index (κ1) is 16.8. The highest BCUT2D eigenvalue weighted by Crippen LogP contribution is 2.26. The van der Waals surface area contributed by atoms with Crippen molar-refractivity contribution < 1.29 is 13.7 Å². The molecule has 0 aliphatic carbocycles. The molecule has 1 aliphatic heterocycles. The molecule has 7 heteroatoms. The lowest BCUT2D eigenvalue weighted by atomic mass is 10.2. The van der Waals surface area contributed by atoms with Crippen molar-refractivity contribution in [2.45, 2.75) is 32.5 Å². The second kappa shape index (κ2) is 7.11. The fourth-order valence-corrected chi connectivity index (χ4v) is 3.09. The molecule has 1 aliphatic rings. The van der Waals surface area contributed by atoms with E-state index in [0.29, 0.717) is 23.6 Å². The molecule has 2 rings (SSSR count). The molecule has 0 bridgehead atoms. The van der Waals surface area contributed by atoms with Crippen molar-refractivity contribution >= 4 is 16.8 Å². The standard InChI is InChI=1S/C15H23N3O3S/c1-10(2)20-13-6-11(15(16)17)7-14(8-13)21-12-4-5-18(9-12)22(3)19/h6-8,10,12H,4-5,9H2,1-3H3,(H3,16,17). The van der Waals surface area contributed by atoms with E-state index in [-0.39, 0.29) is 18.0 Å². The van der Waals surface area contributed by atoms with E-state index in [4.69, 9.17) is 20.6 Å². The summed E-state index contributed by atoms with van der Waals surface area (Å²) in [7, 11) is -0.969. The molecule has 2 unspecified atom stereocenters. The Morgan fingerprint density at radius 2 is 2.09 bits per heavy atom. The van der Waals surface area contributed by atoms with Gasteiger partial charge >= 0.3 is 0 Å². The van der Waals surface area contributed by atoms with Crippen LogP contribution in [0.5, 0.6) is 11.5 Å². The predicted octanol–water partition coefficient (Wildman–Crippen LogP) is 1.50. The van der Waals surface area contributed by atoms with Crippen molar-refractivity contribution in [3.8, 4) is 11.5 Å². The van der Waals surface area contributed by atoms with Crippen LogP contribution in [0.3, 0.4) is 0 Å². The average Bonchev–Trinajstić information content (AvgIpc) is 2.86. The van der Waals surface area contributed by atoms with Crippen LogP contribution in [0, 0.1) is 5.41 Å². The largest absolute Gasteiger partial charge is 0.491 e. The maximum Gasteiger partial charge on any atom is 0.124 e. The minimum absolute atomic E-state index is 0.0157. The molecule has 0 spiro atoms. The van der Waals surface area contributed by atoms with Crippen molar-refractivity contribution in [1.29, 1.82) is 5.41 Å². The van der Waals surface area contributed by atoms with Crippen molar-refractivity contribution in [3.63, 3.8) is 0 Å². The van der Waals surface area contributed by atoms with Crippen LogP contribution >= 0.6 is 0 Å². The highest BCUT2D eigenvalue weighted by molar-refractivity contribution is 7.81. The lowest BCUT2D eigenvalue weighted by Gasteiger charge is -2.17. The molecule has 0 radical (unpaired) electrons. The summed E-state index contributed by atoms with van der Waals surface area (Å²) < 4.78 is 25.0. The van der Waals surface area contributed by atoms with Crippen LogP contribution in [-0.4, -0.2) is 45.9 Å². The number of hydrogen-bond donors (Lipinski definition) is 2. The molecule has 6 nitrogen and oxygen atoms in total. The lowest BCUT2D eigenvalue weighted by Crippen LogP contribution is -2.26. The van der Waals surface area contributed by atoms with Gasteiger partial charge in [0.05, 0.1) is 17.1 Å². The Labute approximate surface area is 133 Å². The molecule has 1 saturated heterocycles. The molecule has 1 fully saturated rings. The highest BCUT2D eigenvalue weighted by Gasteiger charge is 2.26. The number of nitrogen functional groups attached to an aromatic ring is 1. The first-order valence-corrected chi connectivity index (χ1v) is 8.78. The van der Waals surface area contributed by atoms with Gasteiger partial charge in [0.2, 0.25) is 0 Å². The van der Waals surface area contributed by atoms with E-state index in [1.807, 2.05) is 18.2 Å². The SMILES string of the molecule is CC(C)Oc1cc(OC2CCN(S(C)=O)C2)cc(C(=N)N)c1. The fraction of sp³-hybridized carbons (Fsp3) is 0.533. The predicted molar refractivity (Wildman–Crippen MR) is 87.9 cm³/mol. The normalized spacial score (nSPS) is 20.1. The van der Waals surface area contributed by atoms with Gasteiger partial charge in [-0.25, -0.2) is 8.51 Å². The zero-order valence-electron chi connectivity index (χ0n) is 13.2. The van der Waals surface area contributed by atoms with E-state index in [1.165, 1.54) is 0 Å². The topological polar surface area (TPSA) is 88.6 Å². The number of nitrogens with one attached hydrogen (secondary N) is 1. The minimum Gasteiger partial charge on any atom is -0.491 e. The van der Waals surface area contributed by atoms with Crippen LogP contribution in [0.15, 0.2) is 18.2 Å². The Morgan fingerprint density at radius 1 is 1.41 bits per heavy atom. The summed E-state index contributed by atoms with van der Waals surface area (Å²) in [5.74, 6) is 1.23. The summed E-state index contributed by atoms with van der Waals surface area (Å²) in [6, 6.07) is 5.27. The van der Waals surface area contributed by atoms with Crippen LogP contribution in [0.4, 0.5) is 0 Å². The molecule has 0 saturated carbocycles. The Morgan fingerprint density at radius 3 is 2.64 bits per heavy atom. The van der Waals surface area contributed by atoms with E-state index in [0.717, 1.165) is 13.0 Å². The fourth-order valence-electron chi connectivity index (χ4n) is 2.36. The van der Waals surface area contributed by atoms with Crippen molar-refractivity contribution in [2.75, 3.05) is 19.3 Å². The van der Waals surface area contributed by atoms with E-state index in [2.05, 4.69) is 0 Å². The van der Waals surface area contributed by atoms with Crippen LogP contribution in [-0.2, 0) is 11.0 Å². The van der Waals surface area contributed by atoms with Crippen molar-refractivity contribution in [3.05, 3.63) is 23.8 Å². The Balaban J connectivity index is 2.14. The van der Waals surface area contributed by atoms with E-state index < -0.39 is 11.0 Å². The summed E-state index contributed by atoms with van der Waals surface area (Å²) in [6.45, 7) is 5.27. The first-order valence-electron chi connectivity index (χ1n) is 7.26. The van der Waals surface area contributed by atoms with Crippen LogP contribution in [0.2, 0.25) is 0 Å². The van der Waals surface area contributed by atoms with Crippen LogP contribution in [0.25, 0.3) is 0 Å². The second-order valence-corrected chi connectivity index (χ2v) is 6.98. The number of rotatable bonds is 6. The van der Waals surface area contributed by atoms with Crippen molar-refractivity contribution in [1.82, 2.24) is 4.31 Å². The van der Waals surface area contributed by atoms with E-state index >= 15 is 0 Å². The smallest absolute Gasteiger partial charge is 0.124 e. The highest BCUT2D eigenvalue weighted by atomic mass is 32.2. The van der Waals surface area contributed by atoms with Gasteiger partial charge < -0.3 is 15.2 Å². The molecule has 1 aromatic carbocycles. The van der Waals surface area contributed by atoms with Gasteiger partial charge in [-0.05, 0) is 32.4 Å². The summed E-state index contributed by atoms with van der Waals surface area (Å²) in [6.07, 6.45) is 2.51. The van der Waals surface area contributed by atoms with Crippen molar-refractivity contribution in [2.24, 2.45) is 5.73 Å². The van der Waals surface area contributed by atoms with Gasteiger partial charge in [0.15, 0.2) is 0 Å². The quantitative estimate of drug-likeness (QED) is 0.613. The molecule has 0 aromatic heterocycles. The van der Waals surface area contributed by atoms with Gasteiger partial charge in [-0.2, -0.15) is 0 Å². The number of ether oxygens (including phenoxy) is 2. The van der Waals surface area contributed by atoms with Crippen LogP contribution < -0.4 is 15.2 Å². The molecule has 1 aromatic rings. The van der Waals surface area contributed by atoms with Gasteiger partial charge in [0, 0.05) is 31.0 Å². The lowest BCUT2D eigenvalue weighted by molar-refractivity contribution is 0.211. The third kappa shape index (κ3) is 4.45. The summed E-state index contributed by atoms with van der Waals surface area (Å²) in [5, 5.41) is 7.60. The number of hydrogen-bond acceptors (Lipinski definition) is 4. The van der Waals surface area contributed by atoms with E-state index in [9.17, 15) is 4.21 Å². The average molecular weight is 325 g/mol. The molecule has 0 amide bonds. The molecule has 1 heterocycles. The summed E-state index contributed by atoms with van der Waals surface area (Å²) >= 11 is 0. The first-order chi connectivity index (χ1) is 10.3. The zero-order valence-corrected chi connectivity index (χ0v) is 14.0. The number of benzene rings is 1. The minimum atomic E-state index is -0.969. The van der Waals surface area contributed by atoms with Crippen LogP contribution in [0.1, 0.15) is 25.8 Å². The van der Waals surface area contributed by atoms with E-state index in [1.54, 1.807) is 24.5 Å². The van der Waals surface area contributed by atoms with Gasteiger partial charge in [0.25, 0.3) is 0 Å². The number of nitrogens with two attached hydrogens (primary N) is 1. The molecular formula is C15H23N3O3S. The van der Waals surface area contributed by atoms with Gasteiger partial charge in [-0.1, -0.05) is 0 Å². The maximum absolute atomic E-state index is 11.5. The number of amidine groups is 1. The zero-order chi connectivity index (χ0) is 16.3. The third-order valence-electron chi connectivity index (χ3n) is 3.34. The Kier molecular flexibility index (Phi) is 5.42. The molecule has 3 N–H and O–H groups in total. The Hall–Kier alpha value is -1.60. The van der Waals surface area contributed by atoms with Gasteiger partial charge in [-0.15, -0.1) is 0 Å². The summed E-state index contributed by atoms with van der Waals surface area (Å²) in [4.78, 5) is 0.